The van der Waals surface area contributed by atoms with E-state index in [-0.39, 0.29) is 5.56 Å². The third kappa shape index (κ3) is 5.40. The maximum Gasteiger partial charge on any atom is 0.338 e. The van der Waals surface area contributed by atoms with E-state index in [1.807, 2.05) is 0 Å². The summed E-state index contributed by atoms with van der Waals surface area (Å²) in [6.07, 6.45) is 5.05. The molecule has 0 radical (unpaired) electrons. The molecule has 162 valence electrons. The number of carboxylic acids is 1. The maximum absolute atomic E-state index is 11.0. The Balaban J connectivity index is 1.43. The minimum atomic E-state index is -0.928. The lowest BCUT2D eigenvalue weighted by atomic mass is 9.83. The van der Waals surface area contributed by atoms with Crippen molar-refractivity contribution in [2.45, 2.75) is 31.3 Å². The summed E-state index contributed by atoms with van der Waals surface area (Å²) in [4.78, 5) is 13.6. The van der Waals surface area contributed by atoms with Gasteiger partial charge in [-0.3, -0.25) is 9.58 Å². The maximum atomic E-state index is 11.0. The summed E-state index contributed by atoms with van der Waals surface area (Å²) in [5.74, 6) is -0.609. The predicted octanol–water partition coefficient (Wildman–Crippen LogP) is 3.47. The van der Waals surface area contributed by atoms with Crippen LogP contribution in [-0.4, -0.2) is 58.0 Å². The van der Waals surface area contributed by atoms with Crippen molar-refractivity contribution in [2.75, 3.05) is 26.2 Å². The molecule has 3 aromatic rings. The lowest BCUT2D eigenvalue weighted by molar-refractivity contribution is 0.0696. The third-order valence-electron chi connectivity index (χ3n) is 6.06. The molecule has 1 aliphatic rings. The van der Waals surface area contributed by atoms with E-state index in [4.69, 9.17) is 5.11 Å². The Labute approximate surface area is 183 Å². The Kier molecular flexibility index (Phi) is 7.12. The van der Waals surface area contributed by atoms with Gasteiger partial charge in [0.05, 0.1) is 11.8 Å². The van der Waals surface area contributed by atoms with E-state index in [2.05, 4.69) is 76.0 Å². The van der Waals surface area contributed by atoms with Crippen molar-refractivity contribution in [1.29, 1.82) is 0 Å². The van der Waals surface area contributed by atoms with E-state index in [9.17, 15) is 4.79 Å². The number of nitrogens with one attached hydrogen (secondary N) is 1. The number of hydrogen-bond acceptors (Lipinski definition) is 4. The number of carbonyl (C=O) groups is 1. The highest BCUT2D eigenvalue weighted by Gasteiger charge is 2.31. The van der Waals surface area contributed by atoms with Crippen molar-refractivity contribution in [2.24, 2.45) is 0 Å². The second kappa shape index (κ2) is 10.4. The average molecular weight is 419 g/mol. The van der Waals surface area contributed by atoms with E-state index in [1.165, 1.54) is 17.3 Å². The van der Waals surface area contributed by atoms with Gasteiger partial charge in [-0.05, 0) is 30.5 Å². The zero-order valence-corrected chi connectivity index (χ0v) is 17.7. The summed E-state index contributed by atoms with van der Waals surface area (Å²) in [5, 5.41) is 16.8. The first-order chi connectivity index (χ1) is 15.2. The van der Waals surface area contributed by atoms with Crippen molar-refractivity contribution >= 4 is 5.97 Å². The normalized spacial score (nSPS) is 17.1. The first-order valence-corrected chi connectivity index (χ1v) is 11.0. The van der Waals surface area contributed by atoms with Crippen LogP contribution in [0, 0.1) is 0 Å². The number of rotatable bonds is 9. The Morgan fingerprint density at radius 2 is 1.68 bits per heavy atom. The van der Waals surface area contributed by atoms with E-state index in [0.717, 1.165) is 45.6 Å². The molecular weight excluding hydrogens is 388 g/mol. The molecule has 31 heavy (non-hydrogen) atoms. The van der Waals surface area contributed by atoms with Crippen molar-refractivity contribution < 1.29 is 9.90 Å². The summed E-state index contributed by atoms with van der Waals surface area (Å²) in [7, 11) is 0. The fourth-order valence-corrected chi connectivity index (χ4v) is 4.52. The van der Waals surface area contributed by atoms with Crippen LogP contribution in [0.4, 0.5) is 0 Å². The van der Waals surface area contributed by atoms with Crippen molar-refractivity contribution in [3.8, 4) is 0 Å². The van der Waals surface area contributed by atoms with Crippen LogP contribution in [0.1, 0.15) is 40.2 Å². The molecule has 1 saturated heterocycles. The Morgan fingerprint density at radius 1 is 1.03 bits per heavy atom. The largest absolute Gasteiger partial charge is 0.478 e. The standard InChI is InChI=1S/C25H30N4O2/c30-25(31)22-17-27-29(19-22)15-8-7-14-28-16-13-26-18-23(28)24(20-9-3-1-4-10-20)21-11-5-2-6-12-21/h1-6,9-12,17,19,23-24,26H,7-8,13-16,18H2,(H,30,31). The highest BCUT2D eigenvalue weighted by atomic mass is 16.4. The van der Waals surface area contributed by atoms with Gasteiger partial charge in [-0.1, -0.05) is 60.7 Å². The van der Waals surface area contributed by atoms with Crippen LogP contribution in [0.3, 0.4) is 0 Å². The number of aromatic nitrogens is 2. The zero-order valence-electron chi connectivity index (χ0n) is 17.7. The summed E-state index contributed by atoms with van der Waals surface area (Å²) in [5.41, 5.74) is 2.95. The van der Waals surface area contributed by atoms with Gasteiger partial charge in [-0.2, -0.15) is 5.10 Å². The minimum Gasteiger partial charge on any atom is -0.478 e. The lowest BCUT2D eigenvalue weighted by Gasteiger charge is -2.41. The van der Waals surface area contributed by atoms with E-state index >= 15 is 0 Å². The summed E-state index contributed by atoms with van der Waals surface area (Å²) < 4.78 is 1.73. The van der Waals surface area contributed by atoms with Crippen LogP contribution in [0.25, 0.3) is 0 Å². The van der Waals surface area contributed by atoms with Crippen molar-refractivity contribution in [1.82, 2.24) is 20.0 Å². The van der Waals surface area contributed by atoms with Gasteiger partial charge in [0.2, 0.25) is 0 Å². The van der Waals surface area contributed by atoms with Crippen LogP contribution < -0.4 is 5.32 Å². The summed E-state index contributed by atoms with van der Waals surface area (Å²) in [6, 6.07) is 22.0. The van der Waals surface area contributed by atoms with E-state index in [0.29, 0.717) is 12.0 Å². The van der Waals surface area contributed by atoms with Crippen LogP contribution >= 0.6 is 0 Å². The molecule has 1 aromatic heterocycles. The van der Waals surface area contributed by atoms with Gasteiger partial charge in [-0.25, -0.2) is 4.79 Å². The molecule has 0 spiro atoms. The molecule has 4 rings (SSSR count). The Morgan fingerprint density at radius 3 is 2.29 bits per heavy atom. The second-order valence-corrected chi connectivity index (χ2v) is 8.11. The van der Waals surface area contributed by atoms with Crippen LogP contribution in [0.15, 0.2) is 73.1 Å². The monoisotopic (exact) mass is 418 g/mol. The van der Waals surface area contributed by atoms with Gasteiger partial charge in [0.25, 0.3) is 0 Å². The van der Waals surface area contributed by atoms with Gasteiger partial charge in [0.1, 0.15) is 0 Å². The number of hydrogen-bond donors (Lipinski definition) is 2. The van der Waals surface area contributed by atoms with E-state index in [1.54, 1.807) is 10.9 Å². The molecular formula is C25H30N4O2. The molecule has 6 heteroatoms. The topological polar surface area (TPSA) is 70.4 Å². The molecule has 2 aromatic carbocycles. The predicted molar refractivity (Wildman–Crippen MR) is 121 cm³/mol. The van der Waals surface area contributed by atoms with Gasteiger partial charge in [0.15, 0.2) is 0 Å². The summed E-state index contributed by atoms with van der Waals surface area (Å²) >= 11 is 0. The Hall–Kier alpha value is -2.96. The van der Waals surface area contributed by atoms with Gasteiger partial charge < -0.3 is 10.4 Å². The average Bonchev–Trinajstić information content (AvgIpc) is 3.29. The SMILES string of the molecule is O=C(O)c1cnn(CCCCN2CCNCC2C(c2ccccc2)c2ccccc2)c1. The van der Waals surface area contributed by atoms with E-state index < -0.39 is 5.97 Å². The van der Waals surface area contributed by atoms with Crippen molar-refractivity contribution in [3.63, 3.8) is 0 Å². The van der Waals surface area contributed by atoms with Gasteiger partial charge in [0, 0.05) is 44.3 Å². The molecule has 1 unspecified atom stereocenters. The molecule has 2 N–H and O–H groups in total. The molecule has 1 aliphatic heterocycles. The van der Waals surface area contributed by atoms with Crippen LogP contribution in [0.2, 0.25) is 0 Å². The molecule has 0 saturated carbocycles. The number of piperazine rings is 1. The Bertz CT molecular complexity index is 918. The molecule has 0 amide bonds. The highest BCUT2D eigenvalue weighted by molar-refractivity contribution is 5.86. The fourth-order valence-electron chi connectivity index (χ4n) is 4.52. The second-order valence-electron chi connectivity index (χ2n) is 8.11. The molecule has 1 fully saturated rings. The zero-order chi connectivity index (χ0) is 21.5. The minimum absolute atomic E-state index is 0.246. The number of aryl methyl sites for hydroxylation is 1. The smallest absolute Gasteiger partial charge is 0.338 e. The molecule has 1 atom stereocenters. The van der Waals surface area contributed by atoms with Gasteiger partial charge in [-0.15, -0.1) is 0 Å². The number of unbranched alkanes of at least 4 members (excludes halogenated alkanes) is 1. The van der Waals surface area contributed by atoms with Crippen LogP contribution in [0.5, 0.6) is 0 Å². The van der Waals surface area contributed by atoms with Gasteiger partial charge >= 0.3 is 5.97 Å². The highest BCUT2D eigenvalue weighted by Crippen LogP contribution is 2.31. The first-order valence-electron chi connectivity index (χ1n) is 11.0. The van der Waals surface area contributed by atoms with Crippen LogP contribution in [-0.2, 0) is 6.54 Å². The number of benzene rings is 2. The summed E-state index contributed by atoms with van der Waals surface area (Å²) in [6.45, 7) is 4.77. The number of aromatic carboxylic acids is 1. The fraction of sp³-hybridized carbons (Fsp3) is 0.360. The number of carboxylic acid groups (broad SMARTS) is 1. The molecule has 6 nitrogen and oxygen atoms in total. The lowest BCUT2D eigenvalue weighted by Crippen LogP contribution is -2.54. The molecule has 2 heterocycles. The first kappa shape index (κ1) is 21.3. The molecule has 0 aliphatic carbocycles. The third-order valence-corrected chi connectivity index (χ3v) is 6.06. The number of nitrogens with zero attached hydrogens (tertiary/aromatic N) is 3. The molecule has 0 bridgehead atoms. The van der Waals surface area contributed by atoms with Crippen molar-refractivity contribution in [3.05, 3.63) is 89.7 Å². The quantitative estimate of drug-likeness (QED) is 0.521.